The Morgan fingerprint density at radius 1 is 1.25 bits per heavy atom. The fourth-order valence-corrected chi connectivity index (χ4v) is 3.41. The van der Waals surface area contributed by atoms with E-state index in [0.717, 1.165) is 38.0 Å². The van der Waals surface area contributed by atoms with E-state index < -0.39 is 0 Å². The van der Waals surface area contributed by atoms with Crippen molar-refractivity contribution in [1.82, 2.24) is 19.7 Å². The minimum atomic E-state index is -0.0676. The molecule has 1 fully saturated rings. The Balaban J connectivity index is 1.52. The molecule has 6 heteroatoms. The number of benzene rings is 1. The molecule has 1 aromatic carbocycles. The predicted octanol–water partition coefficient (Wildman–Crippen LogP) is 2.52. The Labute approximate surface area is 140 Å². The Bertz CT molecular complexity index is 905. The summed E-state index contributed by atoms with van der Waals surface area (Å²) in [7, 11) is 0. The highest BCUT2D eigenvalue weighted by Gasteiger charge is 2.23. The van der Waals surface area contributed by atoms with E-state index in [1.165, 1.54) is 5.56 Å². The summed E-state index contributed by atoms with van der Waals surface area (Å²) in [5.41, 5.74) is 2.00. The van der Waals surface area contributed by atoms with Gasteiger partial charge in [-0.1, -0.05) is 12.1 Å². The predicted molar refractivity (Wildman–Crippen MR) is 94.5 cm³/mol. The zero-order valence-electron chi connectivity index (χ0n) is 13.8. The second kappa shape index (κ2) is 6.11. The maximum atomic E-state index is 12.2. The summed E-state index contributed by atoms with van der Waals surface area (Å²) in [4.78, 5) is 22.0. The molecule has 6 nitrogen and oxygen atoms in total. The Hall–Kier alpha value is -2.63. The molecule has 1 aliphatic rings. The molecule has 0 radical (unpaired) electrons. The summed E-state index contributed by atoms with van der Waals surface area (Å²) in [5.74, 6) is 1.22. The molecule has 0 saturated carbocycles. The number of fused-ring (bicyclic) bond motifs is 1. The molecule has 1 N–H and O–H groups in total. The van der Waals surface area contributed by atoms with Gasteiger partial charge in [-0.25, -0.2) is 4.98 Å². The molecule has 24 heavy (non-hydrogen) atoms. The van der Waals surface area contributed by atoms with Crippen LogP contribution in [0.5, 0.6) is 0 Å². The highest BCUT2D eigenvalue weighted by atomic mass is 16.1. The van der Waals surface area contributed by atoms with E-state index in [9.17, 15) is 4.79 Å². The Morgan fingerprint density at radius 2 is 2.04 bits per heavy atom. The number of aromatic amines is 1. The summed E-state index contributed by atoms with van der Waals surface area (Å²) < 4.78 is 1.98. The van der Waals surface area contributed by atoms with Crippen molar-refractivity contribution in [2.24, 2.45) is 0 Å². The molecular weight excluding hydrogens is 302 g/mol. The number of H-pyrrole nitrogens is 1. The van der Waals surface area contributed by atoms with Gasteiger partial charge in [0.25, 0.3) is 5.56 Å². The molecule has 2 aromatic heterocycles. The molecule has 0 spiro atoms. The van der Waals surface area contributed by atoms with Crippen LogP contribution < -0.4 is 10.5 Å². The first kappa shape index (κ1) is 14.9. The van der Waals surface area contributed by atoms with Crippen molar-refractivity contribution in [3.63, 3.8) is 0 Å². The minimum absolute atomic E-state index is 0.0676. The van der Waals surface area contributed by atoms with Gasteiger partial charge in [0.05, 0.1) is 17.1 Å². The smallest absolute Gasteiger partial charge is 0.260 e. The fourth-order valence-electron chi connectivity index (χ4n) is 3.41. The van der Waals surface area contributed by atoms with Crippen molar-refractivity contribution in [3.05, 3.63) is 52.6 Å². The summed E-state index contributed by atoms with van der Waals surface area (Å²) in [6, 6.07) is 7.47. The molecule has 0 bridgehead atoms. The topological polar surface area (TPSA) is 66.8 Å². The molecule has 0 unspecified atom stereocenters. The maximum Gasteiger partial charge on any atom is 0.260 e. The summed E-state index contributed by atoms with van der Waals surface area (Å²) in [6.45, 7) is 4.79. The van der Waals surface area contributed by atoms with Gasteiger partial charge in [-0.2, -0.15) is 5.10 Å². The van der Waals surface area contributed by atoms with Gasteiger partial charge in [-0.15, -0.1) is 0 Å². The molecule has 0 aliphatic carbocycles. The van der Waals surface area contributed by atoms with Gasteiger partial charge in [-0.05, 0) is 43.4 Å². The van der Waals surface area contributed by atoms with Crippen molar-refractivity contribution >= 4 is 16.9 Å². The summed E-state index contributed by atoms with van der Waals surface area (Å²) >= 11 is 0. The molecular formula is C18H21N5O. The number of hydrogen-bond donors (Lipinski definition) is 1. The lowest BCUT2D eigenvalue weighted by atomic mass is 9.92. The number of aryl methyl sites for hydroxylation is 1. The zero-order chi connectivity index (χ0) is 16.5. The lowest BCUT2D eigenvalue weighted by molar-refractivity contribution is 0.499. The van der Waals surface area contributed by atoms with Crippen LogP contribution >= 0.6 is 0 Å². The lowest BCUT2D eigenvalue weighted by Crippen LogP contribution is -2.35. The molecule has 124 valence electrons. The van der Waals surface area contributed by atoms with Crippen molar-refractivity contribution < 1.29 is 0 Å². The highest BCUT2D eigenvalue weighted by Crippen LogP contribution is 2.29. The van der Waals surface area contributed by atoms with Crippen LogP contribution in [0.2, 0.25) is 0 Å². The van der Waals surface area contributed by atoms with Gasteiger partial charge in [0.15, 0.2) is 0 Å². The third-order valence-corrected chi connectivity index (χ3v) is 4.84. The second-order valence-corrected chi connectivity index (χ2v) is 6.30. The van der Waals surface area contributed by atoms with Gasteiger partial charge in [0.2, 0.25) is 5.95 Å². The van der Waals surface area contributed by atoms with E-state index in [4.69, 9.17) is 0 Å². The van der Waals surface area contributed by atoms with Gasteiger partial charge in [0.1, 0.15) is 0 Å². The first-order chi connectivity index (χ1) is 11.7. The van der Waals surface area contributed by atoms with Crippen LogP contribution in [0.3, 0.4) is 0 Å². The van der Waals surface area contributed by atoms with Crippen LogP contribution in [0.1, 0.15) is 31.2 Å². The molecule has 3 heterocycles. The van der Waals surface area contributed by atoms with Crippen LogP contribution in [0.15, 0.2) is 41.5 Å². The molecule has 4 rings (SSSR count). The van der Waals surface area contributed by atoms with Crippen LogP contribution in [-0.2, 0) is 6.54 Å². The van der Waals surface area contributed by atoms with Crippen LogP contribution in [0.4, 0.5) is 5.95 Å². The van der Waals surface area contributed by atoms with E-state index >= 15 is 0 Å². The number of nitrogens with one attached hydrogen (secondary N) is 1. The number of rotatable bonds is 3. The summed E-state index contributed by atoms with van der Waals surface area (Å²) in [5, 5.41) is 5.02. The largest absolute Gasteiger partial charge is 0.342 e. The number of anilines is 1. The Morgan fingerprint density at radius 3 is 2.79 bits per heavy atom. The van der Waals surface area contributed by atoms with Crippen molar-refractivity contribution in [1.29, 1.82) is 0 Å². The van der Waals surface area contributed by atoms with E-state index in [0.29, 0.717) is 17.3 Å². The van der Waals surface area contributed by atoms with Crippen LogP contribution in [0.25, 0.3) is 10.9 Å². The Kier molecular flexibility index (Phi) is 3.80. The van der Waals surface area contributed by atoms with Gasteiger partial charge in [0, 0.05) is 25.8 Å². The van der Waals surface area contributed by atoms with Crippen molar-refractivity contribution in [2.45, 2.75) is 32.2 Å². The molecule has 3 aromatic rings. The standard InChI is InChI=1S/C18H21N5O/c1-2-23-12-14(11-19-23)13-7-9-22(10-8-13)18-20-16-6-4-3-5-15(16)17(24)21-18/h3-6,11-13H,2,7-10H2,1H3,(H,20,21,24). The first-order valence-corrected chi connectivity index (χ1v) is 8.51. The number of aromatic nitrogens is 4. The third-order valence-electron chi connectivity index (χ3n) is 4.84. The van der Waals surface area contributed by atoms with Crippen molar-refractivity contribution in [3.8, 4) is 0 Å². The summed E-state index contributed by atoms with van der Waals surface area (Å²) in [6.07, 6.45) is 6.23. The fraction of sp³-hybridized carbons (Fsp3) is 0.389. The van der Waals surface area contributed by atoms with Crippen LogP contribution in [0, 0.1) is 0 Å². The normalized spacial score (nSPS) is 16.0. The highest BCUT2D eigenvalue weighted by molar-refractivity contribution is 5.78. The molecule has 1 aliphatic heterocycles. The van der Waals surface area contributed by atoms with Gasteiger partial charge in [-0.3, -0.25) is 14.5 Å². The van der Waals surface area contributed by atoms with Crippen LogP contribution in [-0.4, -0.2) is 32.8 Å². The van der Waals surface area contributed by atoms with E-state index in [2.05, 4.69) is 33.1 Å². The van der Waals surface area contributed by atoms with E-state index in [1.807, 2.05) is 35.1 Å². The molecule has 0 atom stereocenters. The average Bonchev–Trinajstić information content (AvgIpc) is 3.11. The van der Waals surface area contributed by atoms with E-state index in [-0.39, 0.29) is 5.56 Å². The van der Waals surface area contributed by atoms with E-state index in [1.54, 1.807) is 0 Å². The average molecular weight is 323 g/mol. The minimum Gasteiger partial charge on any atom is -0.342 e. The van der Waals surface area contributed by atoms with Gasteiger partial charge >= 0.3 is 0 Å². The lowest BCUT2D eigenvalue weighted by Gasteiger charge is -2.32. The third kappa shape index (κ3) is 2.68. The van der Waals surface area contributed by atoms with Gasteiger partial charge < -0.3 is 4.90 Å². The number of nitrogens with zero attached hydrogens (tertiary/aromatic N) is 4. The molecule has 1 saturated heterocycles. The monoisotopic (exact) mass is 323 g/mol. The molecule has 0 amide bonds. The number of para-hydroxylation sites is 1. The first-order valence-electron chi connectivity index (χ1n) is 8.51. The number of hydrogen-bond acceptors (Lipinski definition) is 4. The second-order valence-electron chi connectivity index (χ2n) is 6.30. The zero-order valence-corrected chi connectivity index (χ0v) is 13.8. The van der Waals surface area contributed by atoms with Crippen molar-refractivity contribution in [2.75, 3.05) is 18.0 Å². The maximum absolute atomic E-state index is 12.2. The number of piperidine rings is 1. The SMILES string of the molecule is CCn1cc(C2CCN(c3nc4ccccc4c(=O)[nH]3)CC2)cn1. The quantitative estimate of drug-likeness (QED) is 0.804.